The van der Waals surface area contributed by atoms with Crippen molar-refractivity contribution in [2.24, 2.45) is 0 Å². The van der Waals surface area contributed by atoms with Gasteiger partial charge in [-0.3, -0.25) is 0 Å². The molecule has 0 aromatic heterocycles. The number of likely N-dealkylation sites (N-methyl/N-ethyl adjacent to an activating group) is 1. The number of likely N-dealkylation sites (tertiary alicyclic amines) is 1. The van der Waals surface area contributed by atoms with Crippen molar-refractivity contribution >= 4 is 29.8 Å². The minimum absolute atomic E-state index is 0. The van der Waals surface area contributed by atoms with Gasteiger partial charge in [0.1, 0.15) is 0 Å². The lowest BCUT2D eigenvalue weighted by molar-refractivity contribution is -0.137. The summed E-state index contributed by atoms with van der Waals surface area (Å²) < 4.78 is 38.3. The molecule has 1 aliphatic rings. The van der Waals surface area contributed by atoms with Crippen LogP contribution in [0.1, 0.15) is 12.0 Å². The highest BCUT2D eigenvalue weighted by Gasteiger charge is 2.31. The number of hydrogen-bond donors (Lipinski definition) is 1. The lowest BCUT2D eigenvalue weighted by Gasteiger charge is -2.27. The van der Waals surface area contributed by atoms with Crippen LogP contribution in [0.15, 0.2) is 54.6 Å². The zero-order valence-electron chi connectivity index (χ0n) is 14.7. The molecule has 1 fully saturated rings. The molecule has 1 atom stereocenters. The van der Waals surface area contributed by atoms with Crippen molar-refractivity contribution in [1.29, 1.82) is 0 Å². The minimum Gasteiger partial charge on any atom is -0.370 e. The Labute approximate surface area is 162 Å². The number of para-hydroxylation sites is 1. The first-order valence-electron chi connectivity index (χ1n) is 8.35. The topological polar surface area (TPSA) is 35.6 Å². The number of nitrogens with zero attached hydrogens (tertiary/aromatic N) is 2. The number of anilines is 2. The molecule has 0 spiro atoms. The highest BCUT2D eigenvalue weighted by atomic mass is 35.5. The number of carbonyl (C=O) groups excluding carboxylic acids is 1. The number of carbonyl (C=O) groups is 1. The first-order chi connectivity index (χ1) is 12.3. The van der Waals surface area contributed by atoms with Crippen LogP contribution in [0.4, 0.5) is 29.3 Å². The third kappa shape index (κ3) is 5.07. The molecule has 3 rings (SSSR count). The Balaban J connectivity index is 0.00000261. The van der Waals surface area contributed by atoms with E-state index in [2.05, 4.69) is 10.2 Å². The molecular formula is C19H21ClF3N3O. The van der Waals surface area contributed by atoms with Crippen LogP contribution in [0.25, 0.3) is 0 Å². The van der Waals surface area contributed by atoms with Crippen LogP contribution in [0.2, 0.25) is 0 Å². The zero-order chi connectivity index (χ0) is 18.7. The minimum atomic E-state index is -4.43. The molecule has 1 saturated heterocycles. The molecule has 1 N–H and O–H groups in total. The van der Waals surface area contributed by atoms with Crippen molar-refractivity contribution in [3.8, 4) is 0 Å². The van der Waals surface area contributed by atoms with Crippen LogP contribution in [0, 0.1) is 0 Å². The molecule has 0 radical (unpaired) electrons. The molecular weight excluding hydrogens is 379 g/mol. The van der Waals surface area contributed by atoms with Gasteiger partial charge in [0.2, 0.25) is 0 Å². The van der Waals surface area contributed by atoms with Crippen molar-refractivity contribution in [3.05, 3.63) is 60.2 Å². The molecule has 2 aromatic carbocycles. The monoisotopic (exact) mass is 399 g/mol. The molecule has 2 aromatic rings. The highest BCUT2D eigenvalue weighted by molar-refractivity contribution is 5.89. The Hall–Kier alpha value is -2.41. The van der Waals surface area contributed by atoms with Crippen molar-refractivity contribution in [2.75, 3.05) is 30.4 Å². The lowest BCUT2D eigenvalue weighted by atomic mass is 10.2. The molecule has 27 heavy (non-hydrogen) atoms. The van der Waals surface area contributed by atoms with Crippen LogP contribution >= 0.6 is 12.4 Å². The van der Waals surface area contributed by atoms with Crippen LogP contribution in [-0.2, 0) is 6.18 Å². The van der Waals surface area contributed by atoms with Crippen molar-refractivity contribution < 1.29 is 18.0 Å². The summed E-state index contributed by atoms with van der Waals surface area (Å²) in [6, 6.07) is 14.3. The molecule has 1 heterocycles. The van der Waals surface area contributed by atoms with Gasteiger partial charge in [0.15, 0.2) is 0 Å². The number of hydrogen-bond acceptors (Lipinski definition) is 2. The summed E-state index contributed by atoms with van der Waals surface area (Å²) in [6.45, 7) is 1.09. The maximum atomic E-state index is 12.8. The number of rotatable bonds is 3. The number of alkyl halides is 3. The predicted octanol–water partition coefficient (Wildman–Crippen LogP) is 4.87. The molecule has 1 aliphatic heterocycles. The third-order valence-corrected chi connectivity index (χ3v) is 4.60. The molecule has 0 aliphatic carbocycles. The van der Waals surface area contributed by atoms with E-state index in [-0.39, 0.29) is 30.2 Å². The highest BCUT2D eigenvalue weighted by Crippen LogP contribution is 2.31. The van der Waals surface area contributed by atoms with Gasteiger partial charge >= 0.3 is 12.2 Å². The van der Waals surface area contributed by atoms with Crippen LogP contribution in [0.5, 0.6) is 0 Å². The first-order valence-corrected chi connectivity index (χ1v) is 8.35. The van der Waals surface area contributed by atoms with Crippen LogP contribution < -0.4 is 10.2 Å². The summed E-state index contributed by atoms with van der Waals surface area (Å²) in [5, 5.41) is 2.56. The van der Waals surface area contributed by atoms with Gasteiger partial charge in [-0.05, 0) is 36.8 Å². The van der Waals surface area contributed by atoms with E-state index < -0.39 is 11.7 Å². The zero-order valence-corrected chi connectivity index (χ0v) is 15.6. The van der Waals surface area contributed by atoms with Gasteiger partial charge in [-0.1, -0.05) is 24.3 Å². The number of halogens is 4. The van der Waals surface area contributed by atoms with E-state index in [9.17, 15) is 18.0 Å². The normalized spacial score (nSPS) is 16.6. The fraction of sp³-hybridized carbons (Fsp3) is 0.316. The molecule has 0 saturated carbocycles. The number of nitrogens with one attached hydrogen (secondary N) is 1. The molecule has 2 amide bonds. The second-order valence-electron chi connectivity index (χ2n) is 6.34. The fourth-order valence-corrected chi connectivity index (χ4v) is 3.09. The molecule has 0 bridgehead atoms. The summed E-state index contributed by atoms with van der Waals surface area (Å²) in [7, 11) is 1.98. The Morgan fingerprint density at radius 1 is 1.15 bits per heavy atom. The smallest absolute Gasteiger partial charge is 0.370 e. The maximum absolute atomic E-state index is 12.8. The average molecular weight is 400 g/mol. The number of urea groups is 1. The molecule has 8 heteroatoms. The lowest BCUT2D eigenvalue weighted by Crippen LogP contribution is -2.38. The van der Waals surface area contributed by atoms with Gasteiger partial charge in [0.25, 0.3) is 0 Å². The van der Waals surface area contributed by atoms with Gasteiger partial charge < -0.3 is 15.1 Å². The van der Waals surface area contributed by atoms with Gasteiger partial charge in [-0.25, -0.2) is 4.79 Å². The maximum Gasteiger partial charge on any atom is 0.416 e. The quantitative estimate of drug-likeness (QED) is 0.799. The first kappa shape index (κ1) is 20.9. The SMILES string of the molecule is CN(c1ccccc1)C1CCN(C(=O)Nc2cccc(C(F)(F)F)c2)C1.Cl. The van der Waals surface area contributed by atoms with Crippen molar-refractivity contribution in [2.45, 2.75) is 18.6 Å². The van der Waals surface area contributed by atoms with E-state index in [0.29, 0.717) is 13.1 Å². The van der Waals surface area contributed by atoms with Gasteiger partial charge in [0.05, 0.1) is 5.56 Å². The third-order valence-electron chi connectivity index (χ3n) is 4.60. The summed E-state index contributed by atoms with van der Waals surface area (Å²) in [5.74, 6) is 0. The Morgan fingerprint density at radius 2 is 1.85 bits per heavy atom. The Bertz CT molecular complexity index is 770. The Kier molecular flexibility index (Phi) is 6.59. The second kappa shape index (κ2) is 8.52. The van der Waals surface area contributed by atoms with E-state index in [4.69, 9.17) is 0 Å². The van der Waals surface area contributed by atoms with Crippen LogP contribution in [-0.4, -0.2) is 37.1 Å². The largest absolute Gasteiger partial charge is 0.416 e. The van der Waals surface area contributed by atoms with E-state index >= 15 is 0 Å². The van der Waals surface area contributed by atoms with Crippen molar-refractivity contribution in [1.82, 2.24) is 4.90 Å². The standard InChI is InChI=1S/C19H20F3N3O.ClH/c1-24(16-8-3-2-4-9-16)17-10-11-25(13-17)18(26)23-15-7-5-6-14(12-15)19(20,21)22;/h2-9,12,17H,10-11,13H2,1H3,(H,23,26);1H. The van der Waals surface area contributed by atoms with Gasteiger partial charge in [0, 0.05) is 37.6 Å². The van der Waals surface area contributed by atoms with Gasteiger partial charge in [-0.2, -0.15) is 13.2 Å². The van der Waals surface area contributed by atoms with E-state index in [1.807, 2.05) is 37.4 Å². The summed E-state index contributed by atoms with van der Waals surface area (Å²) in [4.78, 5) is 16.1. The number of amides is 2. The van der Waals surface area contributed by atoms with Crippen molar-refractivity contribution in [3.63, 3.8) is 0 Å². The van der Waals surface area contributed by atoms with Crippen LogP contribution in [0.3, 0.4) is 0 Å². The summed E-state index contributed by atoms with van der Waals surface area (Å²) >= 11 is 0. The second-order valence-corrected chi connectivity index (χ2v) is 6.34. The summed E-state index contributed by atoms with van der Waals surface area (Å²) in [6.07, 6.45) is -3.63. The van der Waals surface area contributed by atoms with E-state index in [1.165, 1.54) is 12.1 Å². The summed E-state index contributed by atoms with van der Waals surface area (Å²) in [5.41, 5.74) is 0.431. The predicted molar refractivity (Wildman–Crippen MR) is 103 cm³/mol. The van der Waals surface area contributed by atoms with Gasteiger partial charge in [-0.15, -0.1) is 12.4 Å². The number of benzene rings is 2. The van der Waals surface area contributed by atoms with E-state index in [1.54, 1.807) is 4.90 Å². The average Bonchev–Trinajstić information content (AvgIpc) is 3.11. The molecule has 146 valence electrons. The molecule has 1 unspecified atom stereocenters. The fourth-order valence-electron chi connectivity index (χ4n) is 3.09. The van der Waals surface area contributed by atoms with E-state index in [0.717, 1.165) is 24.2 Å². The molecule has 4 nitrogen and oxygen atoms in total. The Morgan fingerprint density at radius 3 is 2.52 bits per heavy atom.